The highest BCUT2D eigenvalue weighted by Crippen LogP contribution is 2.22. The van der Waals surface area contributed by atoms with Crippen LogP contribution in [0.25, 0.3) is 0 Å². The number of anilines is 2. The lowest BCUT2D eigenvalue weighted by Crippen LogP contribution is -2.11. The Morgan fingerprint density at radius 1 is 1.41 bits per heavy atom. The molecule has 8 nitrogen and oxygen atoms in total. The zero-order valence-electron chi connectivity index (χ0n) is 8.54. The van der Waals surface area contributed by atoms with Gasteiger partial charge in [0.2, 0.25) is 5.95 Å². The van der Waals surface area contributed by atoms with E-state index in [0.29, 0.717) is 10.2 Å². The highest BCUT2D eigenvalue weighted by molar-refractivity contribution is 7.99. The first-order valence-electron chi connectivity index (χ1n) is 4.52. The van der Waals surface area contributed by atoms with Gasteiger partial charge in [0.1, 0.15) is 10.8 Å². The number of nitrogen functional groups attached to an aromatic ring is 2. The van der Waals surface area contributed by atoms with Crippen molar-refractivity contribution in [2.24, 2.45) is 5.84 Å². The van der Waals surface area contributed by atoms with Crippen LogP contribution in [0.2, 0.25) is 0 Å². The van der Waals surface area contributed by atoms with Crippen molar-refractivity contribution in [3.05, 3.63) is 28.7 Å². The molecule has 17 heavy (non-hydrogen) atoms. The Labute approximate surface area is 99.9 Å². The minimum atomic E-state index is -0.314. The van der Waals surface area contributed by atoms with Crippen LogP contribution >= 0.6 is 11.8 Å². The molecule has 0 fully saturated rings. The van der Waals surface area contributed by atoms with E-state index in [-0.39, 0.29) is 17.3 Å². The number of nitrogens with zero attached hydrogens (tertiary/aromatic N) is 3. The summed E-state index contributed by atoms with van der Waals surface area (Å²) >= 11 is 1.15. The first-order valence-corrected chi connectivity index (χ1v) is 5.33. The molecule has 9 heteroatoms. The summed E-state index contributed by atoms with van der Waals surface area (Å²) in [7, 11) is 0. The average Bonchev–Trinajstić information content (AvgIpc) is 2.28. The third-order valence-corrected chi connectivity index (χ3v) is 2.52. The fraction of sp³-hybridized carbons (Fsp3) is 0. The van der Waals surface area contributed by atoms with Crippen LogP contribution in [0.3, 0.4) is 0 Å². The Balaban J connectivity index is 2.27. The molecule has 0 radical (unpaired) electrons. The zero-order chi connectivity index (χ0) is 12.3. The number of hydrogen-bond acceptors (Lipinski definition) is 8. The van der Waals surface area contributed by atoms with Crippen LogP contribution in [0.1, 0.15) is 0 Å². The lowest BCUT2D eigenvalue weighted by atomic mass is 10.6. The fourth-order valence-electron chi connectivity index (χ4n) is 1.07. The molecule has 88 valence electrons. The van der Waals surface area contributed by atoms with Gasteiger partial charge in [0.05, 0.1) is 0 Å². The second-order valence-corrected chi connectivity index (χ2v) is 3.95. The number of aromatic amines is 1. The summed E-state index contributed by atoms with van der Waals surface area (Å²) in [5, 5.41) is 0.943. The van der Waals surface area contributed by atoms with E-state index in [1.54, 1.807) is 6.07 Å². The zero-order valence-corrected chi connectivity index (χ0v) is 9.36. The van der Waals surface area contributed by atoms with Crippen molar-refractivity contribution in [1.29, 1.82) is 0 Å². The summed E-state index contributed by atoms with van der Waals surface area (Å²) in [6.07, 6.45) is 1.54. The van der Waals surface area contributed by atoms with E-state index in [1.165, 1.54) is 12.3 Å². The van der Waals surface area contributed by atoms with Gasteiger partial charge >= 0.3 is 0 Å². The van der Waals surface area contributed by atoms with Gasteiger partial charge in [-0.05, 0) is 17.8 Å². The van der Waals surface area contributed by atoms with Crippen LogP contribution in [0.5, 0.6) is 0 Å². The Morgan fingerprint density at radius 3 is 2.94 bits per heavy atom. The first kappa shape index (κ1) is 11.4. The molecule has 0 saturated carbocycles. The molecule has 0 aliphatic carbocycles. The van der Waals surface area contributed by atoms with Crippen LogP contribution in [0, 0.1) is 0 Å². The number of hydrazine groups is 1. The second-order valence-electron chi connectivity index (χ2n) is 2.94. The summed E-state index contributed by atoms with van der Waals surface area (Å²) in [6.45, 7) is 0. The molecule has 0 bridgehead atoms. The monoisotopic (exact) mass is 251 g/mol. The van der Waals surface area contributed by atoms with E-state index >= 15 is 0 Å². The molecule has 2 aromatic rings. The number of nitrogens with one attached hydrogen (secondary N) is 2. The molecule has 0 saturated heterocycles. The van der Waals surface area contributed by atoms with E-state index in [2.05, 4.69) is 25.4 Å². The maximum Gasteiger partial charge on any atom is 0.253 e. The van der Waals surface area contributed by atoms with Crippen molar-refractivity contribution in [2.45, 2.75) is 10.2 Å². The maximum atomic E-state index is 11.2. The van der Waals surface area contributed by atoms with Gasteiger partial charge in [0.25, 0.3) is 5.56 Å². The van der Waals surface area contributed by atoms with E-state index < -0.39 is 0 Å². The number of aromatic nitrogens is 4. The maximum absolute atomic E-state index is 11.2. The average molecular weight is 251 g/mol. The Morgan fingerprint density at radius 2 is 2.24 bits per heavy atom. The van der Waals surface area contributed by atoms with Crippen molar-refractivity contribution in [1.82, 2.24) is 19.9 Å². The number of nitrogens with two attached hydrogens (primary N) is 2. The molecular formula is C8H9N7OS. The molecule has 0 aliphatic rings. The summed E-state index contributed by atoms with van der Waals surface area (Å²) in [5.74, 6) is 5.62. The van der Waals surface area contributed by atoms with Gasteiger partial charge in [-0.1, -0.05) is 0 Å². The molecule has 2 rings (SSSR count). The lowest BCUT2D eigenvalue weighted by molar-refractivity contribution is 0.936. The van der Waals surface area contributed by atoms with Crippen molar-refractivity contribution < 1.29 is 0 Å². The van der Waals surface area contributed by atoms with E-state index in [0.717, 1.165) is 11.8 Å². The largest absolute Gasteiger partial charge is 0.383 e. The molecule has 0 aromatic carbocycles. The molecule has 2 aromatic heterocycles. The van der Waals surface area contributed by atoms with E-state index in [4.69, 9.17) is 11.6 Å². The van der Waals surface area contributed by atoms with Gasteiger partial charge < -0.3 is 10.7 Å². The van der Waals surface area contributed by atoms with Gasteiger partial charge in [-0.15, -0.1) is 0 Å². The van der Waals surface area contributed by atoms with Gasteiger partial charge in [-0.25, -0.2) is 20.8 Å². The summed E-state index contributed by atoms with van der Waals surface area (Å²) in [4.78, 5) is 25.6. The predicted octanol–water partition coefficient (Wildman–Crippen LogP) is -0.421. The molecule has 0 spiro atoms. The Hall–Kier alpha value is -2.13. The summed E-state index contributed by atoms with van der Waals surface area (Å²) in [6, 6.07) is 2.87. The Kier molecular flexibility index (Phi) is 3.21. The van der Waals surface area contributed by atoms with Gasteiger partial charge in [0.15, 0.2) is 5.16 Å². The molecule has 0 unspecified atom stereocenters. The molecular weight excluding hydrogens is 242 g/mol. The van der Waals surface area contributed by atoms with Gasteiger partial charge in [-0.3, -0.25) is 10.2 Å². The van der Waals surface area contributed by atoms with Crippen LogP contribution in [-0.4, -0.2) is 19.9 Å². The number of hydrogen-bond donors (Lipinski definition) is 4. The van der Waals surface area contributed by atoms with Gasteiger partial charge in [-0.2, -0.15) is 0 Å². The first-order chi connectivity index (χ1) is 8.17. The standard InChI is InChI=1S/C8H9N7OS/c9-4-3-5(16)13-8(12-4)17-6-1-2-11-7(14-6)15-10/h1-3H,10H2,(H,11,14,15)(H3,9,12,13,16). The molecule has 0 aliphatic heterocycles. The van der Waals surface area contributed by atoms with E-state index in [1.807, 2.05) is 0 Å². The highest BCUT2D eigenvalue weighted by atomic mass is 32.2. The molecule has 0 atom stereocenters. The minimum Gasteiger partial charge on any atom is -0.383 e. The SMILES string of the molecule is NNc1nccc(Sc2nc(N)cc(=O)[nH]2)n1. The molecule has 0 amide bonds. The molecule has 6 N–H and O–H groups in total. The molecule has 2 heterocycles. The lowest BCUT2D eigenvalue weighted by Gasteiger charge is -2.02. The van der Waals surface area contributed by atoms with Crippen LogP contribution in [0.15, 0.2) is 33.3 Å². The second kappa shape index (κ2) is 4.80. The van der Waals surface area contributed by atoms with Crippen molar-refractivity contribution in [3.8, 4) is 0 Å². The van der Waals surface area contributed by atoms with E-state index in [9.17, 15) is 4.79 Å². The topological polar surface area (TPSA) is 136 Å². The third kappa shape index (κ3) is 2.92. The van der Waals surface area contributed by atoms with Crippen molar-refractivity contribution >= 4 is 23.5 Å². The Bertz CT molecular complexity index is 584. The van der Waals surface area contributed by atoms with Crippen molar-refractivity contribution in [2.75, 3.05) is 11.2 Å². The normalized spacial score (nSPS) is 10.2. The highest BCUT2D eigenvalue weighted by Gasteiger charge is 2.04. The smallest absolute Gasteiger partial charge is 0.253 e. The summed E-state index contributed by atoms with van der Waals surface area (Å²) in [5.41, 5.74) is 7.47. The predicted molar refractivity (Wildman–Crippen MR) is 63.2 cm³/mol. The van der Waals surface area contributed by atoms with Crippen LogP contribution in [0.4, 0.5) is 11.8 Å². The van der Waals surface area contributed by atoms with Crippen LogP contribution in [-0.2, 0) is 0 Å². The quantitative estimate of drug-likeness (QED) is 0.250. The fourth-order valence-corrected chi connectivity index (χ4v) is 1.83. The number of H-pyrrole nitrogens is 1. The van der Waals surface area contributed by atoms with Crippen LogP contribution < -0.4 is 22.6 Å². The number of rotatable bonds is 3. The summed E-state index contributed by atoms with van der Waals surface area (Å²) < 4.78 is 0. The van der Waals surface area contributed by atoms with Crippen molar-refractivity contribution in [3.63, 3.8) is 0 Å². The third-order valence-electron chi connectivity index (χ3n) is 1.70. The van der Waals surface area contributed by atoms with Gasteiger partial charge in [0, 0.05) is 12.3 Å². The minimum absolute atomic E-state index is 0.155.